The summed E-state index contributed by atoms with van der Waals surface area (Å²) in [5.74, 6) is 1.64. The number of carbonyl (C=O) groups is 1. The van der Waals surface area contributed by atoms with Crippen LogP contribution in [0, 0.1) is 5.92 Å². The summed E-state index contributed by atoms with van der Waals surface area (Å²) in [6.07, 6.45) is 0. The van der Waals surface area contributed by atoms with Gasteiger partial charge in [0.15, 0.2) is 5.16 Å². The minimum atomic E-state index is -0.127. The second kappa shape index (κ2) is 6.41. The van der Waals surface area contributed by atoms with E-state index in [1.165, 1.54) is 11.8 Å². The molecule has 1 amide bonds. The Balaban J connectivity index is 2.95. The summed E-state index contributed by atoms with van der Waals surface area (Å²) in [7, 11) is 5.53. The Hall–Kier alpha value is -1.04. The quantitative estimate of drug-likeness (QED) is 0.777. The zero-order valence-electron chi connectivity index (χ0n) is 12.8. The maximum atomic E-state index is 12.2. The molecule has 0 saturated carbocycles. The lowest BCUT2D eigenvalue weighted by Crippen LogP contribution is -2.35. The van der Waals surface area contributed by atoms with Crippen LogP contribution in [-0.4, -0.2) is 44.9 Å². The van der Waals surface area contributed by atoms with E-state index in [0.29, 0.717) is 5.92 Å². The van der Waals surface area contributed by atoms with Crippen LogP contribution in [-0.2, 0) is 11.8 Å². The lowest BCUT2D eigenvalue weighted by atomic mass is 10.1. The van der Waals surface area contributed by atoms with Gasteiger partial charge in [-0.3, -0.25) is 4.79 Å². The number of amides is 1. The first-order chi connectivity index (χ1) is 8.75. The summed E-state index contributed by atoms with van der Waals surface area (Å²) in [5.41, 5.74) is 0. The van der Waals surface area contributed by atoms with Gasteiger partial charge in [0.25, 0.3) is 0 Å². The predicted octanol–water partition coefficient (Wildman–Crippen LogP) is 2.14. The van der Waals surface area contributed by atoms with Crippen molar-refractivity contribution in [3.05, 3.63) is 5.82 Å². The third-order valence-electron chi connectivity index (χ3n) is 2.91. The molecule has 1 rings (SSSR count). The van der Waals surface area contributed by atoms with Crippen LogP contribution in [0.2, 0.25) is 0 Å². The summed E-state index contributed by atoms with van der Waals surface area (Å²) < 4.78 is 1.98. The molecule has 5 nitrogen and oxygen atoms in total. The van der Waals surface area contributed by atoms with Gasteiger partial charge >= 0.3 is 0 Å². The lowest BCUT2D eigenvalue weighted by molar-refractivity contribution is -0.128. The van der Waals surface area contributed by atoms with Crippen LogP contribution in [0.15, 0.2) is 5.16 Å². The minimum Gasteiger partial charge on any atom is -0.348 e. The first kappa shape index (κ1) is 16.0. The van der Waals surface area contributed by atoms with Crippen LogP contribution in [0.5, 0.6) is 0 Å². The van der Waals surface area contributed by atoms with E-state index in [-0.39, 0.29) is 17.1 Å². The Kier molecular flexibility index (Phi) is 5.40. The van der Waals surface area contributed by atoms with Gasteiger partial charge in [-0.2, -0.15) is 0 Å². The van der Waals surface area contributed by atoms with E-state index in [2.05, 4.69) is 37.9 Å². The van der Waals surface area contributed by atoms with Crippen LogP contribution < -0.4 is 0 Å². The van der Waals surface area contributed by atoms with Crippen molar-refractivity contribution in [2.24, 2.45) is 13.0 Å². The Labute approximate surface area is 119 Å². The molecule has 6 heteroatoms. The van der Waals surface area contributed by atoms with Crippen LogP contribution in [0.4, 0.5) is 0 Å². The first-order valence-corrected chi connectivity index (χ1v) is 7.40. The van der Waals surface area contributed by atoms with Crippen molar-refractivity contribution >= 4 is 17.7 Å². The third-order valence-corrected chi connectivity index (χ3v) is 4.47. The molecule has 0 aliphatic rings. The normalized spacial score (nSPS) is 13.1. The monoisotopic (exact) mass is 284 g/mol. The zero-order valence-corrected chi connectivity index (χ0v) is 13.7. The average molecular weight is 284 g/mol. The molecule has 1 aromatic rings. The van der Waals surface area contributed by atoms with Gasteiger partial charge in [0, 0.05) is 27.1 Å². The van der Waals surface area contributed by atoms with Crippen molar-refractivity contribution < 1.29 is 4.79 Å². The number of hydrogen-bond donors (Lipinski definition) is 0. The Morgan fingerprint density at radius 1 is 1.21 bits per heavy atom. The van der Waals surface area contributed by atoms with Gasteiger partial charge in [-0.15, -0.1) is 10.2 Å². The van der Waals surface area contributed by atoms with E-state index in [1.807, 2.05) is 11.6 Å². The highest BCUT2D eigenvalue weighted by atomic mass is 32.2. The van der Waals surface area contributed by atoms with Gasteiger partial charge in [-0.25, -0.2) is 0 Å². The molecule has 0 aliphatic heterocycles. The van der Waals surface area contributed by atoms with Crippen molar-refractivity contribution in [2.75, 3.05) is 14.1 Å². The smallest absolute Gasteiger partial charge is 0.235 e. The number of hydrogen-bond acceptors (Lipinski definition) is 4. The van der Waals surface area contributed by atoms with Crippen molar-refractivity contribution in [3.8, 4) is 0 Å². The molecular weight excluding hydrogens is 260 g/mol. The molecule has 108 valence electrons. The molecule has 0 aromatic carbocycles. The molecule has 0 N–H and O–H groups in total. The van der Waals surface area contributed by atoms with Crippen LogP contribution in [0.25, 0.3) is 0 Å². The van der Waals surface area contributed by atoms with E-state index in [9.17, 15) is 4.79 Å². The molecule has 0 unspecified atom stereocenters. The highest BCUT2D eigenvalue weighted by Crippen LogP contribution is 2.29. The van der Waals surface area contributed by atoms with Crippen LogP contribution in [0.3, 0.4) is 0 Å². The first-order valence-electron chi connectivity index (χ1n) is 6.52. The standard InChI is InChI=1S/C13H24N4OS/c1-8(2)10(12(18)16(5)6)19-13-15-14-11(9(3)4)17(13)7/h8-10H,1-7H3/t10-/m0/s1. The van der Waals surface area contributed by atoms with Crippen molar-refractivity contribution in [1.82, 2.24) is 19.7 Å². The summed E-state index contributed by atoms with van der Waals surface area (Å²) >= 11 is 1.50. The minimum absolute atomic E-state index is 0.120. The van der Waals surface area contributed by atoms with Crippen LogP contribution in [0.1, 0.15) is 39.4 Å². The highest BCUT2D eigenvalue weighted by Gasteiger charge is 2.27. The molecule has 1 heterocycles. The molecular formula is C13H24N4OS. The van der Waals surface area contributed by atoms with E-state index in [1.54, 1.807) is 19.0 Å². The molecule has 0 fully saturated rings. The molecule has 19 heavy (non-hydrogen) atoms. The van der Waals surface area contributed by atoms with Gasteiger partial charge < -0.3 is 9.47 Å². The highest BCUT2D eigenvalue weighted by molar-refractivity contribution is 8.00. The molecule has 0 bridgehead atoms. The Morgan fingerprint density at radius 3 is 2.16 bits per heavy atom. The zero-order chi connectivity index (χ0) is 14.7. The fourth-order valence-corrected chi connectivity index (χ4v) is 2.92. The molecule has 1 aromatic heterocycles. The molecule has 0 radical (unpaired) electrons. The van der Waals surface area contributed by atoms with Gasteiger partial charge in [-0.1, -0.05) is 39.5 Å². The second-order valence-electron chi connectivity index (χ2n) is 5.57. The number of thioether (sulfide) groups is 1. The van der Waals surface area contributed by atoms with Crippen molar-refractivity contribution in [2.45, 2.75) is 44.0 Å². The average Bonchev–Trinajstić information content (AvgIpc) is 2.66. The number of rotatable bonds is 5. The largest absolute Gasteiger partial charge is 0.348 e. The van der Waals surface area contributed by atoms with Gasteiger partial charge in [0.2, 0.25) is 5.91 Å². The molecule has 0 saturated heterocycles. The van der Waals surface area contributed by atoms with E-state index in [4.69, 9.17) is 0 Å². The summed E-state index contributed by atoms with van der Waals surface area (Å²) in [5, 5.41) is 9.08. The summed E-state index contributed by atoms with van der Waals surface area (Å²) in [6, 6.07) is 0. The van der Waals surface area contributed by atoms with Gasteiger partial charge in [0.1, 0.15) is 5.82 Å². The Bertz CT molecular complexity index is 440. The summed E-state index contributed by atoms with van der Waals surface area (Å²) in [6.45, 7) is 8.28. The maximum Gasteiger partial charge on any atom is 0.235 e. The van der Waals surface area contributed by atoms with E-state index >= 15 is 0 Å². The number of carbonyl (C=O) groups excluding carboxylic acids is 1. The SMILES string of the molecule is CC(C)c1nnc(S[C@H](C(=O)N(C)C)C(C)C)n1C. The van der Waals surface area contributed by atoms with Crippen molar-refractivity contribution in [1.29, 1.82) is 0 Å². The maximum absolute atomic E-state index is 12.2. The van der Waals surface area contributed by atoms with Gasteiger partial charge in [0.05, 0.1) is 5.25 Å². The van der Waals surface area contributed by atoms with Crippen LogP contribution >= 0.6 is 11.8 Å². The fourth-order valence-electron chi connectivity index (χ4n) is 1.77. The third kappa shape index (κ3) is 3.72. The van der Waals surface area contributed by atoms with E-state index in [0.717, 1.165) is 11.0 Å². The predicted molar refractivity (Wildman–Crippen MR) is 78.3 cm³/mol. The number of nitrogens with zero attached hydrogens (tertiary/aromatic N) is 4. The Morgan fingerprint density at radius 2 is 1.79 bits per heavy atom. The lowest BCUT2D eigenvalue weighted by Gasteiger charge is -2.22. The molecule has 0 aliphatic carbocycles. The van der Waals surface area contributed by atoms with E-state index < -0.39 is 0 Å². The summed E-state index contributed by atoms with van der Waals surface area (Å²) in [4.78, 5) is 13.8. The topological polar surface area (TPSA) is 51.0 Å². The number of aromatic nitrogens is 3. The second-order valence-corrected chi connectivity index (χ2v) is 6.68. The molecule has 1 atom stereocenters. The fraction of sp³-hybridized carbons (Fsp3) is 0.769. The van der Waals surface area contributed by atoms with Crippen molar-refractivity contribution in [3.63, 3.8) is 0 Å². The molecule has 0 spiro atoms. The van der Waals surface area contributed by atoms with Gasteiger partial charge in [-0.05, 0) is 5.92 Å².